The Morgan fingerprint density at radius 2 is 2.19 bits per heavy atom. The van der Waals surface area contributed by atoms with E-state index >= 15 is 0 Å². The Morgan fingerprint density at radius 3 is 2.85 bits per heavy atom. The number of fused-ring (bicyclic) bond motifs is 1. The summed E-state index contributed by atoms with van der Waals surface area (Å²) < 4.78 is 7.12. The average Bonchev–Trinajstić information content (AvgIpc) is 2.88. The van der Waals surface area contributed by atoms with Gasteiger partial charge in [0.05, 0.1) is 22.8 Å². The lowest BCUT2D eigenvalue weighted by molar-refractivity contribution is 0.0945. The Labute approximate surface area is 161 Å². The summed E-state index contributed by atoms with van der Waals surface area (Å²) in [4.78, 5) is 25.0. The minimum atomic E-state index is -0.585. The Kier molecular flexibility index (Phi) is 4.52. The Balaban J connectivity index is 1.58. The van der Waals surface area contributed by atoms with Crippen LogP contribution in [-0.4, -0.2) is 15.7 Å². The summed E-state index contributed by atoms with van der Waals surface area (Å²) in [6.45, 7) is 1.93. The lowest BCUT2D eigenvalue weighted by Gasteiger charge is -2.24. The van der Waals surface area contributed by atoms with Crippen LogP contribution < -0.4 is 10.9 Å². The van der Waals surface area contributed by atoms with E-state index in [0.29, 0.717) is 28.0 Å². The lowest BCUT2D eigenvalue weighted by Crippen LogP contribution is -2.30. The first-order valence-corrected chi connectivity index (χ1v) is 9.36. The number of aryl methyl sites for hydroxylation is 2. The van der Waals surface area contributed by atoms with Gasteiger partial charge in [0.1, 0.15) is 11.3 Å². The van der Waals surface area contributed by atoms with Gasteiger partial charge in [0.2, 0.25) is 0 Å². The molecule has 1 aromatic carbocycles. The van der Waals surface area contributed by atoms with Crippen molar-refractivity contribution in [2.45, 2.75) is 38.6 Å². The summed E-state index contributed by atoms with van der Waals surface area (Å²) in [5, 5.41) is 8.58. The van der Waals surface area contributed by atoms with Gasteiger partial charge in [-0.3, -0.25) is 9.48 Å². The molecule has 1 saturated carbocycles. The molecule has 27 heavy (non-hydrogen) atoms. The van der Waals surface area contributed by atoms with Crippen LogP contribution in [0.15, 0.2) is 33.5 Å². The fraction of sp³-hybridized carbons (Fsp3) is 0.350. The molecule has 0 atom stereocenters. The number of aromatic nitrogens is 2. The van der Waals surface area contributed by atoms with E-state index < -0.39 is 11.5 Å². The molecule has 0 spiro atoms. The summed E-state index contributed by atoms with van der Waals surface area (Å²) in [6.07, 6.45) is 3.21. The normalized spacial score (nSPS) is 14.3. The quantitative estimate of drug-likeness (QED) is 0.743. The van der Waals surface area contributed by atoms with Crippen LogP contribution in [0.3, 0.4) is 0 Å². The summed E-state index contributed by atoms with van der Waals surface area (Å²) in [5.74, 6) is 0.519. The van der Waals surface area contributed by atoms with Gasteiger partial charge in [0.15, 0.2) is 0 Å². The van der Waals surface area contributed by atoms with Gasteiger partial charge in [-0.25, -0.2) is 4.79 Å². The number of hydrogen-bond donors (Lipinski definition) is 1. The monoisotopic (exact) mass is 385 g/mol. The Bertz CT molecular complexity index is 1100. The van der Waals surface area contributed by atoms with Crippen LogP contribution in [0.2, 0.25) is 5.02 Å². The van der Waals surface area contributed by atoms with Crippen LogP contribution in [0.1, 0.15) is 52.6 Å². The molecule has 140 valence electrons. The minimum absolute atomic E-state index is 0.0457. The fourth-order valence-electron chi connectivity index (χ4n) is 3.53. The number of nitrogens with one attached hydrogen (secondary N) is 1. The fourth-order valence-corrected chi connectivity index (χ4v) is 3.81. The molecule has 0 unspecified atom stereocenters. The molecule has 3 aromatic rings. The van der Waals surface area contributed by atoms with Crippen LogP contribution in [0.25, 0.3) is 10.9 Å². The first-order chi connectivity index (χ1) is 13.0. The van der Waals surface area contributed by atoms with Gasteiger partial charge >= 0.3 is 5.63 Å². The van der Waals surface area contributed by atoms with Crippen molar-refractivity contribution in [3.05, 3.63) is 62.3 Å². The highest BCUT2D eigenvalue weighted by molar-refractivity contribution is 6.35. The molecule has 2 heterocycles. The molecular weight excluding hydrogens is 366 g/mol. The second kappa shape index (κ2) is 6.85. The van der Waals surface area contributed by atoms with Gasteiger partial charge in [-0.2, -0.15) is 5.10 Å². The molecule has 0 saturated heterocycles. The standard InChI is InChI=1S/C20H20ClN3O3/c1-11-9-16(12-5-3-6-12)27-20(26)17(11)19(25)22-10-14-18-13(21)7-4-8-15(18)24(2)23-14/h4,7-9,12H,3,5-6,10H2,1-2H3,(H,22,25). The SMILES string of the molecule is Cc1cc(C2CCC2)oc(=O)c1C(=O)NCc1nn(C)c2cccc(Cl)c12. The van der Waals surface area contributed by atoms with Gasteiger partial charge in [0.25, 0.3) is 5.91 Å². The predicted molar refractivity (Wildman–Crippen MR) is 103 cm³/mol. The molecule has 6 nitrogen and oxygen atoms in total. The Hall–Kier alpha value is -2.60. The van der Waals surface area contributed by atoms with Crippen LogP contribution in [0, 0.1) is 6.92 Å². The molecule has 4 rings (SSSR count). The topological polar surface area (TPSA) is 77.1 Å². The second-order valence-corrected chi connectivity index (χ2v) is 7.42. The van der Waals surface area contributed by atoms with E-state index in [-0.39, 0.29) is 12.1 Å². The van der Waals surface area contributed by atoms with E-state index in [0.717, 1.165) is 30.2 Å². The summed E-state index contributed by atoms with van der Waals surface area (Å²) in [7, 11) is 1.82. The highest BCUT2D eigenvalue weighted by Gasteiger charge is 2.25. The zero-order valence-electron chi connectivity index (χ0n) is 15.2. The number of nitrogens with zero attached hydrogens (tertiary/aromatic N) is 2. The van der Waals surface area contributed by atoms with Crippen molar-refractivity contribution in [3.8, 4) is 0 Å². The molecule has 0 aliphatic heterocycles. The maximum atomic E-state index is 12.6. The molecule has 1 N–H and O–H groups in total. The van der Waals surface area contributed by atoms with E-state index in [4.69, 9.17) is 16.0 Å². The van der Waals surface area contributed by atoms with Gasteiger partial charge < -0.3 is 9.73 Å². The first-order valence-electron chi connectivity index (χ1n) is 8.98. The molecule has 0 bridgehead atoms. The van der Waals surface area contributed by atoms with Crippen molar-refractivity contribution in [3.63, 3.8) is 0 Å². The van der Waals surface area contributed by atoms with Crippen molar-refractivity contribution < 1.29 is 9.21 Å². The third-order valence-electron chi connectivity index (χ3n) is 5.22. The molecule has 1 aliphatic rings. The lowest BCUT2D eigenvalue weighted by atomic mass is 9.83. The summed E-state index contributed by atoms with van der Waals surface area (Å²) in [6, 6.07) is 7.37. The van der Waals surface area contributed by atoms with Crippen molar-refractivity contribution in [2.75, 3.05) is 0 Å². The third kappa shape index (κ3) is 3.14. The number of amides is 1. The van der Waals surface area contributed by atoms with E-state index in [1.165, 1.54) is 0 Å². The van der Waals surface area contributed by atoms with Crippen molar-refractivity contribution in [1.82, 2.24) is 15.1 Å². The van der Waals surface area contributed by atoms with Gasteiger partial charge in [0, 0.05) is 18.4 Å². The largest absolute Gasteiger partial charge is 0.427 e. The highest BCUT2D eigenvalue weighted by Crippen LogP contribution is 2.36. The molecule has 7 heteroatoms. The van der Waals surface area contributed by atoms with Gasteiger partial charge in [-0.05, 0) is 43.5 Å². The van der Waals surface area contributed by atoms with Crippen LogP contribution >= 0.6 is 11.6 Å². The van der Waals surface area contributed by atoms with Gasteiger partial charge in [-0.15, -0.1) is 0 Å². The zero-order valence-corrected chi connectivity index (χ0v) is 16.0. The number of rotatable bonds is 4. The van der Waals surface area contributed by atoms with E-state index in [2.05, 4.69) is 10.4 Å². The number of hydrogen-bond acceptors (Lipinski definition) is 4. The number of halogens is 1. The number of benzene rings is 1. The van der Waals surface area contributed by atoms with Crippen molar-refractivity contribution in [2.24, 2.45) is 7.05 Å². The molecular formula is C20H20ClN3O3. The maximum absolute atomic E-state index is 12.6. The van der Waals surface area contributed by atoms with Crippen molar-refractivity contribution >= 4 is 28.4 Å². The maximum Gasteiger partial charge on any atom is 0.349 e. The summed E-state index contributed by atoms with van der Waals surface area (Å²) in [5.41, 5.74) is 1.63. The highest BCUT2D eigenvalue weighted by atomic mass is 35.5. The average molecular weight is 386 g/mol. The second-order valence-electron chi connectivity index (χ2n) is 7.01. The van der Waals surface area contributed by atoms with Gasteiger partial charge in [-0.1, -0.05) is 24.1 Å². The van der Waals surface area contributed by atoms with E-state index in [1.807, 2.05) is 25.2 Å². The first kappa shape index (κ1) is 17.8. The number of carbonyl (C=O) groups is 1. The van der Waals surface area contributed by atoms with E-state index in [1.54, 1.807) is 17.7 Å². The molecule has 1 aliphatic carbocycles. The number of carbonyl (C=O) groups excluding carboxylic acids is 1. The van der Waals surface area contributed by atoms with Crippen molar-refractivity contribution in [1.29, 1.82) is 0 Å². The third-order valence-corrected chi connectivity index (χ3v) is 5.53. The summed E-state index contributed by atoms with van der Waals surface area (Å²) >= 11 is 6.29. The smallest absolute Gasteiger partial charge is 0.349 e. The predicted octanol–water partition coefficient (Wildman–Crippen LogP) is 3.69. The van der Waals surface area contributed by atoms with E-state index in [9.17, 15) is 9.59 Å². The zero-order chi connectivity index (χ0) is 19.1. The van der Waals surface area contributed by atoms with Crippen LogP contribution in [-0.2, 0) is 13.6 Å². The molecule has 1 fully saturated rings. The minimum Gasteiger partial charge on any atom is -0.427 e. The molecule has 2 aromatic heterocycles. The van der Waals surface area contributed by atoms with Crippen LogP contribution in [0.5, 0.6) is 0 Å². The molecule has 1 amide bonds. The Morgan fingerprint density at radius 1 is 1.41 bits per heavy atom. The van der Waals surface area contributed by atoms with Crippen LogP contribution in [0.4, 0.5) is 0 Å². The molecule has 0 radical (unpaired) electrons.